The number of hydrogen-bond acceptors (Lipinski definition) is 7. The minimum absolute atomic E-state index is 0.00477. The van der Waals surface area contributed by atoms with Crippen LogP contribution in [-0.4, -0.2) is 60.5 Å². The normalized spacial score (nSPS) is 19.2. The summed E-state index contributed by atoms with van der Waals surface area (Å²) in [5, 5.41) is 20.7. The van der Waals surface area contributed by atoms with Gasteiger partial charge in [0, 0.05) is 36.1 Å². The fourth-order valence-electron chi connectivity index (χ4n) is 3.76. The monoisotopic (exact) mass is 414 g/mol. The van der Waals surface area contributed by atoms with Crippen LogP contribution >= 0.6 is 11.3 Å². The molecule has 10 heteroatoms. The topological polar surface area (TPSA) is 106 Å². The predicted octanol–water partition coefficient (Wildman–Crippen LogP) is 2.89. The third-order valence-corrected chi connectivity index (χ3v) is 6.02. The highest BCUT2D eigenvalue weighted by molar-refractivity contribution is 7.09. The van der Waals surface area contributed by atoms with Gasteiger partial charge in [0.2, 0.25) is 0 Å². The molecule has 0 bridgehead atoms. The van der Waals surface area contributed by atoms with E-state index < -0.39 is 6.09 Å². The quantitative estimate of drug-likeness (QED) is 0.633. The number of thiazole rings is 1. The van der Waals surface area contributed by atoms with Crippen LogP contribution in [0.1, 0.15) is 24.1 Å². The molecule has 2 atom stereocenters. The molecule has 3 aromatic rings. The van der Waals surface area contributed by atoms with Gasteiger partial charge in [0.1, 0.15) is 12.1 Å². The number of carbonyl (C=O) groups is 1. The summed E-state index contributed by atoms with van der Waals surface area (Å²) in [4.78, 5) is 18.4. The third-order valence-electron chi connectivity index (χ3n) is 5.22. The summed E-state index contributed by atoms with van der Waals surface area (Å²) >= 11 is 1.58. The van der Waals surface area contributed by atoms with Gasteiger partial charge in [-0.2, -0.15) is 0 Å². The van der Waals surface area contributed by atoms with E-state index in [1.165, 1.54) is 0 Å². The number of carboxylic acid groups (broad SMARTS) is 1. The van der Waals surface area contributed by atoms with Crippen molar-refractivity contribution in [3.63, 3.8) is 0 Å². The lowest BCUT2D eigenvalue weighted by atomic mass is 9.87. The first-order valence-corrected chi connectivity index (χ1v) is 10.4. The van der Waals surface area contributed by atoms with Gasteiger partial charge in [-0.3, -0.25) is 4.98 Å². The first-order chi connectivity index (χ1) is 14.2. The molecule has 9 nitrogen and oxygen atoms in total. The zero-order valence-electron chi connectivity index (χ0n) is 15.8. The van der Waals surface area contributed by atoms with Gasteiger partial charge in [-0.1, -0.05) is 6.07 Å². The van der Waals surface area contributed by atoms with Crippen molar-refractivity contribution in [2.75, 3.05) is 13.2 Å². The van der Waals surface area contributed by atoms with Gasteiger partial charge in [0.25, 0.3) is 0 Å². The largest absolute Gasteiger partial charge is 0.494 e. The predicted molar refractivity (Wildman–Crippen MR) is 106 cm³/mol. The number of nitrogens with zero attached hydrogens (tertiary/aromatic N) is 6. The molecule has 1 aromatic carbocycles. The first kappa shape index (κ1) is 19.3. The van der Waals surface area contributed by atoms with Crippen molar-refractivity contribution in [2.24, 2.45) is 5.92 Å². The van der Waals surface area contributed by atoms with Crippen molar-refractivity contribution in [1.82, 2.24) is 30.1 Å². The molecule has 1 aliphatic heterocycles. The maximum Gasteiger partial charge on any atom is 0.407 e. The molecule has 29 heavy (non-hydrogen) atoms. The second-order valence-electron chi connectivity index (χ2n) is 7.08. The average molecular weight is 414 g/mol. The Morgan fingerprint density at radius 3 is 3.07 bits per heavy atom. The zero-order chi connectivity index (χ0) is 20.1. The SMILES string of the molecule is O=C(O)N1CCC(CCOc2cccc(-n3cnnn3)c2)CC1Cc1cncs1. The van der Waals surface area contributed by atoms with Gasteiger partial charge in [0.05, 0.1) is 17.8 Å². The van der Waals surface area contributed by atoms with Crippen molar-refractivity contribution >= 4 is 17.4 Å². The first-order valence-electron chi connectivity index (χ1n) is 9.52. The summed E-state index contributed by atoms with van der Waals surface area (Å²) in [5.74, 6) is 1.20. The summed E-state index contributed by atoms with van der Waals surface area (Å²) in [6, 6.07) is 7.62. The summed E-state index contributed by atoms with van der Waals surface area (Å²) in [5.41, 5.74) is 2.63. The Morgan fingerprint density at radius 1 is 1.38 bits per heavy atom. The number of likely N-dealkylation sites (tertiary alicyclic amines) is 1. The van der Waals surface area contributed by atoms with Gasteiger partial charge in [-0.15, -0.1) is 16.4 Å². The lowest BCUT2D eigenvalue weighted by Crippen LogP contribution is -2.46. The molecule has 0 radical (unpaired) electrons. The van der Waals surface area contributed by atoms with Gasteiger partial charge in [-0.05, 0) is 47.7 Å². The molecule has 2 aromatic heterocycles. The molecule has 1 fully saturated rings. The molecule has 1 amide bonds. The van der Waals surface area contributed by atoms with Crippen molar-refractivity contribution in [3.8, 4) is 11.4 Å². The van der Waals surface area contributed by atoms with Gasteiger partial charge >= 0.3 is 6.09 Å². The van der Waals surface area contributed by atoms with Crippen LogP contribution in [0.2, 0.25) is 0 Å². The third kappa shape index (κ3) is 4.89. The van der Waals surface area contributed by atoms with Crippen LogP contribution in [0, 0.1) is 5.92 Å². The molecule has 1 aliphatic rings. The Balaban J connectivity index is 1.32. The smallest absolute Gasteiger partial charge is 0.407 e. The summed E-state index contributed by atoms with van der Waals surface area (Å²) in [7, 11) is 0. The highest BCUT2D eigenvalue weighted by Gasteiger charge is 2.31. The van der Waals surface area contributed by atoms with E-state index in [-0.39, 0.29) is 6.04 Å². The highest BCUT2D eigenvalue weighted by Crippen LogP contribution is 2.29. The Kier molecular flexibility index (Phi) is 5.99. The van der Waals surface area contributed by atoms with Crippen LogP contribution in [0.5, 0.6) is 5.75 Å². The fraction of sp³-hybridized carbons (Fsp3) is 0.421. The van der Waals surface area contributed by atoms with E-state index in [4.69, 9.17) is 4.74 Å². The average Bonchev–Trinajstić information content (AvgIpc) is 3.42. The second kappa shape index (κ2) is 8.99. The maximum absolute atomic E-state index is 11.6. The number of hydrogen-bond donors (Lipinski definition) is 1. The molecular weight excluding hydrogens is 392 g/mol. The fourth-order valence-corrected chi connectivity index (χ4v) is 4.42. The Labute approximate surface area is 171 Å². The summed E-state index contributed by atoms with van der Waals surface area (Å²) in [6.45, 7) is 1.16. The Hall–Kier alpha value is -3.01. The summed E-state index contributed by atoms with van der Waals surface area (Å²) < 4.78 is 7.52. The van der Waals surface area contributed by atoms with E-state index in [0.717, 1.165) is 42.0 Å². The molecular formula is C19H22N6O3S. The maximum atomic E-state index is 11.6. The highest BCUT2D eigenvalue weighted by atomic mass is 32.1. The standard InChI is InChI=1S/C19H22N6O3S/c26-19(27)24-6-4-14(8-16(24)10-18-11-20-13-29-18)5-7-28-17-3-1-2-15(9-17)25-12-21-22-23-25/h1-3,9,11-14,16H,4-8,10H2,(H,26,27). The molecule has 1 saturated heterocycles. The van der Waals surface area contributed by atoms with Crippen molar-refractivity contribution in [3.05, 3.63) is 47.2 Å². The van der Waals surface area contributed by atoms with E-state index in [2.05, 4.69) is 20.5 Å². The summed E-state index contributed by atoms with van der Waals surface area (Å²) in [6.07, 6.45) is 5.85. The van der Waals surface area contributed by atoms with Crippen LogP contribution < -0.4 is 4.74 Å². The molecule has 0 aliphatic carbocycles. The Bertz CT molecular complexity index is 918. The molecule has 0 spiro atoms. The van der Waals surface area contributed by atoms with Crippen molar-refractivity contribution in [1.29, 1.82) is 0 Å². The molecule has 0 saturated carbocycles. The minimum Gasteiger partial charge on any atom is -0.494 e. The zero-order valence-corrected chi connectivity index (χ0v) is 16.6. The molecule has 3 heterocycles. The van der Waals surface area contributed by atoms with E-state index in [1.54, 1.807) is 32.8 Å². The minimum atomic E-state index is -0.839. The number of ether oxygens (including phenoxy) is 1. The van der Waals surface area contributed by atoms with Gasteiger partial charge in [-0.25, -0.2) is 9.48 Å². The van der Waals surface area contributed by atoms with E-state index >= 15 is 0 Å². The van der Waals surface area contributed by atoms with Crippen LogP contribution in [-0.2, 0) is 6.42 Å². The number of tetrazole rings is 1. The van der Waals surface area contributed by atoms with Crippen molar-refractivity contribution < 1.29 is 14.6 Å². The number of amides is 1. The van der Waals surface area contributed by atoms with Crippen molar-refractivity contribution in [2.45, 2.75) is 31.7 Å². The molecule has 2 unspecified atom stereocenters. The Morgan fingerprint density at radius 2 is 2.31 bits per heavy atom. The van der Waals surface area contributed by atoms with E-state index in [9.17, 15) is 9.90 Å². The second-order valence-corrected chi connectivity index (χ2v) is 8.05. The molecule has 152 valence electrons. The lowest BCUT2D eigenvalue weighted by Gasteiger charge is -2.37. The number of rotatable bonds is 7. The molecule has 4 rings (SSSR count). The molecule has 1 N–H and O–H groups in total. The van der Waals surface area contributed by atoms with E-state index in [1.807, 2.05) is 30.5 Å². The van der Waals surface area contributed by atoms with E-state index in [0.29, 0.717) is 19.1 Å². The van der Waals surface area contributed by atoms with Crippen LogP contribution in [0.15, 0.2) is 42.3 Å². The van der Waals surface area contributed by atoms with Gasteiger partial charge in [0.15, 0.2) is 0 Å². The number of aromatic nitrogens is 5. The number of piperidine rings is 1. The lowest BCUT2D eigenvalue weighted by molar-refractivity contribution is 0.0845. The van der Waals surface area contributed by atoms with Crippen LogP contribution in [0.25, 0.3) is 5.69 Å². The van der Waals surface area contributed by atoms with Gasteiger partial charge < -0.3 is 14.7 Å². The number of benzene rings is 1. The van der Waals surface area contributed by atoms with Crippen LogP contribution in [0.3, 0.4) is 0 Å². The van der Waals surface area contributed by atoms with Crippen LogP contribution in [0.4, 0.5) is 4.79 Å².